The quantitative estimate of drug-likeness (QED) is 0.581. The summed E-state index contributed by atoms with van der Waals surface area (Å²) in [4.78, 5) is 26.4. The number of nitrogens with zero attached hydrogens (tertiary/aromatic N) is 1. The first-order valence-electron chi connectivity index (χ1n) is 7.93. The molecule has 8 nitrogen and oxygen atoms in total. The Morgan fingerprint density at radius 2 is 2.22 bits per heavy atom. The van der Waals surface area contributed by atoms with Crippen molar-refractivity contribution in [3.63, 3.8) is 0 Å². The number of likely N-dealkylation sites (tertiary alicyclic amines) is 1. The minimum Gasteiger partial charge on any atom is -0.395 e. The largest absolute Gasteiger partial charge is 0.395 e. The van der Waals surface area contributed by atoms with Crippen LogP contribution in [0.2, 0.25) is 0 Å². The van der Waals surface area contributed by atoms with Crippen molar-refractivity contribution in [1.82, 2.24) is 10.2 Å². The van der Waals surface area contributed by atoms with Gasteiger partial charge in [-0.1, -0.05) is 0 Å². The highest BCUT2D eigenvalue weighted by Crippen LogP contribution is 2.30. The highest BCUT2D eigenvalue weighted by molar-refractivity contribution is 5.97. The lowest BCUT2D eigenvalue weighted by Crippen LogP contribution is -2.48. The van der Waals surface area contributed by atoms with Crippen molar-refractivity contribution in [1.29, 1.82) is 0 Å². The monoisotopic (exact) mass is 326 g/mol. The Hall–Kier alpha value is -1.48. The summed E-state index contributed by atoms with van der Waals surface area (Å²) in [5, 5.41) is 21.5. The fourth-order valence-electron chi connectivity index (χ4n) is 3.39. The molecule has 2 fully saturated rings. The van der Waals surface area contributed by atoms with Crippen molar-refractivity contribution in [3.8, 4) is 0 Å². The molecule has 2 amide bonds. The van der Waals surface area contributed by atoms with E-state index in [-0.39, 0.29) is 38.2 Å². The summed E-state index contributed by atoms with van der Waals surface area (Å²) in [5.74, 6) is -0.486. The molecule has 0 aromatic heterocycles. The fraction of sp³-hybridized carbons (Fsp3) is 0.733. The predicted octanol–water partition coefficient (Wildman–Crippen LogP) is -1.48. The molecule has 0 radical (unpaired) electrons. The number of fused-ring (bicyclic) bond motifs is 1. The molecule has 1 aliphatic carbocycles. The summed E-state index contributed by atoms with van der Waals surface area (Å²) in [5.41, 5.74) is 0.464. The summed E-state index contributed by atoms with van der Waals surface area (Å²) in [7, 11) is 0. The van der Waals surface area contributed by atoms with Crippen molar-refractivity contribution in [2.24, 2.45) is 0 Å². The highest BCUT2D eigenvalue weighted by Gasteiger charge is 2.42. The van der Waals surface area contributed by atoms with Gasteiger partial charge in [0.15, 0.2) is 0 Å². The molecule has 2 saturated heterocycles. The van der Waals surface area contributed by atoms with Gasteiger partial charge < -0.3 is 29.9 Å². The zero-order valence-electron chi connectivity index (χ0n) is 12.8. The molecule has 23 heavy (non-hydrogen) atoms. The minimum absolute atomic E-state index is 0.111. The Morgan fingerprint density at radius 3 is 3.00 bits per heavy atom. The first kappa shape index (κ1) is 16.4. The van der Waals surface area contributed by atoms with Crippen LogP contribution >= 0.6 is 0 Å². The summed E-state index contributed by atoms with van der Waals surface area (Å²) in [6.45, 7) is 0.660. The lowest BCUT2D eigenvalue weighted by molar-refractivity contribution is -0.136. The molecular weight excluding hydrogens is 304 g/mol. The van der Waals surface area contributed by atoms with E-state index in [4.69, 9.17) is 14.6 Å². The van der Waals surface area contributed by atoms with Crippen LogP contribution in [0.3, 0.4) is 0 Å². The molecule has 0 aromatic rings. The lowest BCUT2D eigenvalue weighted by atomic mass is 9.91. The third-order valence-corrected chi connectivity index (χ3v) is 4.52. The SMILES string of the molecule is O=C(NCCO)C1CCCN1C(=O)C1=CC2OCOC2C(O)C1. The molecule has 2 aliphatic heterocycles. The van der Waals surface area contributed by atoms with E-state index in [1.54, 1.807) is 11.0 Å². The van der Waals surface area contributed by atoms with E-state index in [1.165, 1.54) is 0 Å². The standard InChI is InChI=1S/C15H22N2O6/c18-5-3-16-14(20)10-2-1-4-17(10)15(21)9-6-11(19)13-12(7-9)22-8-23-13/h7,10-13,18-19H,1-6,8H2,(H,16,20). The third-order valence-electron chi connectivity index (χ3n) is 4.52. The number of hydrogen-bond donors (Lipinski definition) is 3. The number of carbonyl (C=O) groups excluding carboxylic acids is 2. The molecule has 4 atom stereocenters. The van der Waals surface area contributed by atoms with Crippen molar-refractivity contribution in [3.05, 3.63) is 11.6 Å². The van der Waals surface area contributed by atoms with Gasteiger partial charge in [0.2, 0.25) is 11.8 Å². The second-order valence-corrected chi connectivity index (χ2v) is 6.02. The molecule has 4 unspecified atom stereocenters. The van der Waals surface area contributed by atoms with Crippen molar-refractivity contribution >= 4 is 11.8 Å². The number of carbonyl (C=O) groups is 2. The van der Waals surface area contributed by atoms with E-state index < -0.39 is 24.4 Å². The van der Waals surface area contributed by atoms with E-state index in [0.717, 1.165) is 6.42 Å². The molecule has 0 bridgehead atoms. The highest BCUT2D eigenvalue weighted by atomic mass is 16.7. The van der Waals surface area contributed by atoms with Crippen molar-refractivity contribution < 1.29 is 29.3 Å². The van der Waals surface area contributed by atoms with Crippen LogP contribution in [0.15, 0.2) is 11.6 Å². The van der Waals surface area contributed by atoms with Gasteiger partial charge >= 0.3 is 0 Å². The van der Waals surface area contributed by atoms with Gasteiger partial charge in [-0.05, 0) is 18.9 Å². The lowest BCUT2D eigenvalue weighted by Gasteiger charge is -2.30. The molecule has 0 spiro atoms. The van der Waals surface area contributed by atoms with Gasteiger partial charge in [0.05, 0.1) is 12.7 Å². The van der Waals surface area contributed by atoms with Crippen LogP contribution in [0, 0.1) is 0 Å². The first-order valence-corrected chi connectivity index (χ1v) is 7.93. The van der Waals surface area contributed by atoms with Gasteiger partial charge in [-0.2, -0.15) is 0 Å². The maximum absolute atomic E-state index is 12.7. The zero-order valence-corrected chi connectivity index (χ0v) is 12.8. The second-order valence-electron chi connectivity index (χ2n) is 6.02. The van der Waals surface area contributed by atoms with E-state index in [2.05, 4.69) is 5.32 Å². The number of aliphatic hydroxyl groups is 2. The molecule has 0 saturated carbocycles. The van der Waals surface area contributed by atoms with Gasteiger partial charge in [0.25, 0.3) is 0 Å². The molecule has 128 valence electrons. The Bertz CT molecular complexity index is 508. The van der Waals surface area contributed by atoms with Crippen LogP contribution in [0.25, 0.3) is 0 Å². The maximum atomic E-state index is 12.7. The summed E-state index contributed by atoms with van der Waals surface area (Å²) >= 11 is 0. The number of ether oxygens (including phenoxy) is 2. The van der Waals surface area contributed by atoms with E-state index >= 15 is 0 Å². The molecule has 8 heteroatoms. The molecule has 3 N–H and O–H groups in total. The maximum Gasteiger partial charge on any atom is 0.250 e. The number of rotatable bonds is 4. The van der Waals surface area contributed by atoms with Crippen LogP contribution in [0.5, 0.6) is 0 Å². The zero-order chi connectivity index (χ0) is 16.4. The van der Waals surface area contributed by atoms with Gasteiger partial charge in [0.1, 0.15) is 25.0 Å². The van der Waals surface area contributed by atoms with Crippen molar-refractivity contribution in [2.45, 2.75) is 43.6 Å². The van der Waals surface area contributed by atoms with Gasteiger partial charge in [-0.15, -0.1) is 0 Å². The Labute approximate surface area is 134 Å². The molecule has 2 heterocycles. The van der Waals surface area contributed by atoms with Gasteiger partial charge in [-0.3, -0.25) is 9.59 Å². The predicted molar refractivity (Wildman–Crippen MR) is 78.2 cm³/mol. The average molecular weight is 326 g/mol. The minimum atomic E-state index is -0.782. The summed E-state index contributed by atoms with van der Waals surface area (Å²) in [6, 6.07) is -0.523. The van der Waals surface area contributed by atoms with E-state index in [1.807, 2.05) is 0 Å². The van der Waals surface area contributed by atoms with Crippen LogP contribution in [0.4, 0.5) is 0 Å². The molecular formula is C15H22N2O6. The third kappa shape index (κ3) is 3.25. The summed E-state index contributed by atoms with van der Waals surface area (Å²) < 4.78 is 10.7. The van der Waals surface area contributed by atoms with E-state index in [0.29, 0.717) is 18.5 Å². The fourth-order valence-corrected chi connectivity index (χ4v) is 3.39. The van der Waals surface area contributed by atoms with E-state index in [9.17, 15) is 14.7 Å². The Morgan fingerprint density at radius 1 is 1.39 bits per heavy atom. The second kappa shape index (κ2) is 6.96. The van der Waals surface area contributed by atoms with Crippen LogP contribution < -0.4 is 5.32 Å². The molecule has 0 aromatic carbocycles. The number of hydrogen-bond acceptors (Lipinski definition) is 6. The van der Waals surface area contributed by atoms with Gasteiger partial charge in [-0.25, -0.2) is 0 Å². The van der Waals surface area contributed by atoms with Crippen molar-refractivity contribution in [2.75, 3.05) is 26.5 Å². The summed E-state index contributed by atoms with van der Waals surface area (Å²) in [6.07, 6.45) is 1.64. The van der Waals surface area contributed by atoms with Gasteiger partial charge in [0, 0.05) is 25.1 Å². The number of nitrogens with one attached hydrogen (secondary N) is 1. The van der Waals surface area contributed by atoms with Crippen LogP contribution in [-0.4, -0.2) is 77.8 Å². The topological polar surface area (TPSA) is 108 Å². The number of aliphatic hydroxyl groups excluding tert-OH is 2. The van der Waals surface area contributed by atoms with Crippen LogP contribution in [-0.2, 0) is 19.1 Å². The van der Waals surface area contributed by atoms with Crippen LogP contribution in [0.1, 0.15) is 19.3 Å². The normalized spacial score (nSPS) is 33.3. The Kier molecular flexibility index (Phi) is 4.96. The molecule has 3 aliphatic rings. The molecule has 3 rings (SSSR count). The Balaban J connectivity index is 1.70. The first-order chi connectivity index (χ1) is 11.1. The number of amides is 2. The smallest absolute Gasteiger partial charge is 0.250 e. The average Bonchev–Trinajstić information content (AvgIpc) is 3.20.